The van der Waals surface area contributed by atoms with Gasteiger partial charge in [-0.15, -0.1) is 0 Å². The van der Waals surface area contributed by atoms with Crippen molar-refractivity contribution >= 4 is 24.1 Å². The minimum atomic E-state index is -2.12. The van der Waals surface area contributed by atoms with E-state index in [9.17, 15) is 19.5 Å². The predicted molar refractivity (Wildman–Crippen MR) is 199 cm³/mol. The van der Waals surface area contributed by atoms with Crippen LogP contribution in [0.2, 0.25) is 0 Å². The van der Waals surface area contributed by atoms with Crippen LogP contribution in [-0.4, -0.2) is 60.2 Å². The number of carboxylic acids is 1. The number of rotatable bonds is 33. The van der Waals surface area contributed by atoms with E-state index in [2.05, 4.69) is 25.7 Å². The normalized spacial score (nSPS) is 18.2. The zero-order valence-electron chi connectivity index (χ0n) is 31.9. The number of hydrogen-bond donors (Lipinski definition) is 3. The third kappa shape index (κ3) is 21.9. The van der Waals surface area contributed by atoms with Crippen LogP contribution in [0.5, 0.6) is 0 Å². The molecular formula is C40H69FN2O8. The quantitative estimate of drug-likeness (QED) is 0.0152. The second kappa shape index (κ2) is 29.6. The average molecular weight is 725 g/mol. The zero-order chi connectivity index (χ0) is 37.7. The van der Waals surface area contributed by atoms with Crippen LogP contribution in [0.4, 0.5) is 4.39 Å². The summed E-state index contributed by atoms with van der Waals surface area (Å²) in [5, 5.41) is 20.0. The first-order valence-corrected chi connectivity index (χ1v) is 19.8. The lowest BCUT2D eigenvalue weighted by Crippen LogP contribution is -2.57. The van der Waals surface area contributed by atoms with Crippen LogP contribution in [-0.2, 0) is 33.6 Å². The molecule has 3 N–H and O–H groups in total. The molecule has 0 saturated heterocycles. The van der Waals surface area contributed by atoms with Crippen LogP contribution in [0, 0.1) is 11.3 Å². The van der Waals surface area contributed by atoms with Gasteiger partial charge in [0.05, 0.1) is 6.04 Å². The summed E-state index contributed by atoms with van der Waals surface area (Å²) in [4.78, 5) is 47.3. The summed E-state index contributed by atoms with van der Waals surface area (Å²) >= 11 is 0. The Morgan fingerprint density at radius 3 is 1.78 bits per heavy atom. The molecule has 0 aliphatic carbocycles. The van der Waals surface area contributed by atoms with E-state index in [1.54, 1.807) is 0 Å². The molecule has 1 amide bonds. The summed E-state index contributed by atoms with van der Waals surface area (Å²) < 4.78 is 27.3. The number of carbonyl (C=O) groups excluding carboxylic acids is 2. The van der Waals surface area contributed by atoms with Crippen molar-refractivity contribution in [3.05, 3.63) is 24.2 Å². The molecule has 5 atom stereocenters. The van der Waals surface area contributed by atoms with Gasteiger partial charge in [0.15, 0.2) is 18.4 Å². The van der Waals surface area contributed by atoms with Gasteiger partial charge in [-0.2, -0.15) is 4.89 Å². The summed E-state index contributed by atoms with van der Waals surface area (Å²) in [6.45, 7) is 9.02. The Morgan fingerprint density at radius 1 is 0.863 bits per heavy atom. The van der Waals surface area contributed by atoms with Crippen LogP contribution < -0.4 is 5.32 Å². The van der Waals surface area contributed by atoms with Gasteiger partial charge in [-0.05, 0) is 18.9 Å². The molecule has 0 fully saturated rings. The van der Waals surface area contributed by atoms with E-state index < -0.39 is 60.6 Å². The van der Waals surface area contributed by atoms with E-state index >= 15 is 4.39 Å². The van der Waals surface area contributed by atoms with Gasteiger partial charge < -0.3 is 30.2 Å². The third-order valence-corrected chi connectivity index (χ3v) is 9.31. The highest BCUT2D eigenvalue weighted by Crippen LogP contribution is 2.29. The first-order chi connectivity index (χ1) is 24.6. The van der Waals surface area contributed by atoms with Crippen LogP contribution in [0.1, 0.15) is 168 Å². The van der Waals surface area contributed by atoms with Crippen LogP contribution in [0.25, 0.3) is 0 Å². The van der Waals surface area contributed by atoms with Gasteiger partial charge in [0.25, 0.3) is 0 Å². The molecule has 51 heavy (non-hydrogen) atoms. The fourth-order valence-corrected chi connectivity index (χ4v) is 6.25. The number of ether oxygens (including phenoxy) is 2. The Kier molecular flexibility index (Phi) is 26.7. The Morgan fingerprint density at radius 2 is 1.33 bits per heavy atom. The van der Waals surface area contributed by atoms with Crippen molar-refractivity contribution in [2.75, 3.05) is 6.61 Å². The lowest BCUT2D eigenvalue weighted by atomic mass is 9.88. The minimum Gasteiger partial charge on any atom is -0.478 e. The SMILES string of the molecule is C=C(CCCCCCCCCCCC)OOC(COC(=O)CCCCCCCCCCCCC)C(F)C1OC(C(=O)O)=CC(C=N)C1NC(C)=O. The van der Waals surface area contributed by atoms with Gasteiger partial charge in [-0.1, -0.05) is 142 Å². The number of alkyl halides is 1. The second-order valence-electron chi connectivity index (χ2n) is 14.0. The largest absolute Gasteiger partial charge is 0.478 e. The van der Waals surface area contributed by atoms with Crippen LogP contribution in [0.15, 0.2) is 24.2 Å². The molecule has 1 aliphatic rings. The van der Waals surface area contributed by atoms with Crippen molar-refractivity contribution in [2.24, 2.45) is 5.92 Å². The number of amides is 1. The van der Waals surface area contributed by atoms with Crippen molar-refractivity contribution in [2.45, 2.75) is 193 Å². The Balaban J connectivity index is 2.72. The highest BCUT2D eigenvalue weighted by Gasteiger charge is 2.46. The molecule has 1 rings (SSSR count). The smallest absolute Gasteiger partial charge is 0.370 e. The van der Waals surface area contributed by atoms with Gasteiger partial charge >= 0.3 is 11.9 Å². The minimum absolute atomic E-state index is 0.170. The summed E-state index contributed by atoms with van der Waals surface area (Å²) in [5.41, 5.74) is 0. The maximum Gasteiger partial charge on any atom is 0.370 e. The van der Waals surface area contributed by atoms with Gasteiger partial charge in [0.1, 0.15) is 12.4 Å². The first-order valence-electron chi connectivity index (χ1n) is 19.8. The van der Waals surface area contributed by atoms with E-state index in [0.717, 1.165) is 50.8 Å². The third-order valence-electron chi connectivity index (χ3n) is 9.31. The highest BCUT2D eigenvalue weighted by molar-refractivity contribution is 5.86. The maximum absolute atomic E-state index is 16.4. The van der Waals surface area contributed by atoms with Crippen molar-refractivity contribution < 1.29 is 43.1 Å². The highest BCUT2D eigenvalue weighted by atomic mass is 19.1. The number of aliphatic carboxylic acids is 1. The number of hydrogen-bond acceptors (Lipinski definition) is 8. The molecule has 10 nitrogen and oxygen atoms in total. The summed E-state index contributed by atoms with van der Waals surface area (Å²) in [5.74, 6) is -3.72. The van der Waals surface area contributed by atoms with E-state index in [0.29, 0.717) is 12.8 Å². The van der Waals surface area contributed by atoms with Gasteiger partial charge in [-0.25, -0.2) is 9.18 Å². The zero-order valence-corrected chi connectivity index (χ0v) is 31.9. The fourth-order valence-electron chi connectivity index (χ4n) is 6.25. The Hall–Kier alpha value is -2.95. The molecule has 5 unspecified atom stereocenters. The number of carbonyl (C=O) groups is 3. The number of halogens is 1. The number of nitrogens with one attached hydrogen (secondary N) is 2. The molecule has 11 heteroatoms. The number of unbranched alkanes of at least 4 members (excludes halogenated alkanes) is 19. The summed E-state index contributed by atoms with van der Waals surface area (Å²) in [6.07, 6.45) is 21.8. The maximum atomic E-state index is 16.4. The number of esters is 1. The first kappa shape index (κ1) is 46.1. The number of carboxylic acid groups (broad SMARTS) is 1. The van der Waals surface area contributed by atoms with Crippen LogP contribution in [0.3, 0.4) is 0 Å². The van der Waals surface area contributed by atoms with Gasteiger partial charge in [0, 0.05) is 31.9 Å². The topological polar surface area (TPSA) is 144 Å². The summed E-state index contributed by atoms with van der Waals surface area (Å²) in [7, 11) is 0. The van der Waals surface area contributed by atoms with E-state index in [1.165, 1.54) is 96.8 Å². The fraction of sp³-hybridized carbons (Fsp3) is 0.800. The van der Waals surface area contributed by atoms with Crippen molar-refractivity contribution in [1.82, 2.24) is 5.32 Å². The van der Waals surface area contributed by atoms with Gasteiger partial charge in [0.2, 0.25) is 11.7 Å². The van der Waals surface area contributed by atoms with Gasteiger partial charge in [-0.3, -0.25) is 9.59 Å². The molecule has 0 bridgehead atoms. The van der Waals surface area contributed by atoms with Crippen LogP contribution >= 0.6 is 0 Å². The predicted octanol–water partition coefficient (Wildman–Crippen LogP) is 9.85. The Bertz CT molecular complexity index is 1020. The number of allylic oxidation sites excluding steroid dienone is 1. The van der Waals surface area contributed by atoms with E-state index in [-0.39, 0.29) is 12.2 Å². The Labute approximate surface area is 307 Å². The van der Waals surface area contributed by atoms with Crippen molar-refractivity contribution in [1.29, 1.82) is 5.41 Å². The molecule has 0 aromatic heterocycles. The average Bonchev–Trinajstić information content (AvgIpc) is 3.10. The molecule has 1 aliphatic heterocycles. The molecular weight excluding hydrogens is 655 g/mol. The molecule has 0 saturated carbocycles. The standard InChI is InChI=1S/C40H69FN2O8/c1-5-7-9-11-13-15-17-19-21-23-25-27-36(45)48-30-35(51-50-31(3)26-24-22-20-18-16-14-12-10-8-6-2)37(41)39-38(43-32(4)44)33(29-42)28-34(49-39)40(46)47/h28-29,33,35,37-39,42H,3,5-27,30H2,1-2,4H3,(H,43,44)(H,46,47). The lowest BCUT2D eigenvalue weighted by Gasteiger charge is -2.38. The van der Waals surface area contributed by atoms with E-state index in [1.807, 2.05) is 0 Å². The van der Waals surface area contributed by atoms with E-state index in [4.69, 9.17) is 24.7 Å². The lowest BCUT2D eigenvalue weighted by molar-refractivity contribution is -0.319. The molecule has 0 aromatic carbocycles. The molecule has 0 radical (unpaired) electrons. The second-order valence-corrected chi connectivity index (χ2v) is 14.0. The summed E-state index contributed by atoms with van der Waals surface area (Å²) in [6, 6.07) is -1.12. The molecule has 0 spiro atoms. The van der Waals surface area contributed by atoms with Crippen molar-refractivity contribution in [3.8, 4) is 0 Å². The monoisotopic (exact) mass is 725 g/mol. The molecule has 1 heterocycles. The molecule has 294 valence electrons. The molecule has 0 aromatic rings. The van der Waals surface area contributed by atoms with Crippen molar-refractivity contribution in [3.63, 3.8) is 0 Å².